The quantitative estimate of drug-likeness (QED) is 0.300. The van der Waals surface area contributed by atoms with Crippen LogP contribution in [0.1, 0.15) is 36.7 Å². The van der Waals surface area contributed by atoms with Crippen LogP contribution < -0.4 is 4.74 Å². The van der Waals surface area contributed by atoms with E-state index < -0.39 is 0 Å². The first-order valence-electron chi connectivity index (χ1n) is 9.12. The Balaban J connectivity index is 1.63. The highest BCUT2D eigenvalue weighted by Gasteiger charge is 2.08. The lowest BCUT2D eigenvalue weighted by molar-refractivity contribution is 0.309. The zero-order valence-corrected chi connectivity index (χ0v) is 16.5. The monoisotopic (exact) mass is 380 g/mol. The van der Waals surface area contributed by atoms with Gasteiger partial charge in [0.15, 0.2) is 5.82 Å². The number of benzene rings is 2. The summed E-state index contributed by atoms with van der Waals surface area (Å²) in [5, 5.41) is 13.7. The van der Waals surface area contributed by atoms with Gasteiger partial charge in [0.2, 0.25) is 5.16 Å². The molecule has 0 radical (unpaired) electrons. The molecule has 0 unspecified atom stereocenters. The van der Waals surface area contributed by atoms with E-state index in [0.717, 1.165) is 47.5 Å². The average Bonchev–Trinajstić information content (AvgIpc) is 3.06. The molecule has 0 aliphatic carbocycles. The normalized spacial score (nSPS) is 11.2. The molecular formula is C21H24N4OS. The molecule has 2 aromatic carbocycles. The number of ether oxygens (including phenoxy) is 1. The largest absolute Gasteiger partial charge is 0.494 e. The first kappa shape index (κ1) is 19.2. The van der Waals surface area contributed by atoms with Gasteiger partial charge in [0.1, 0.15) is 5.75 Å². The van der Waals surface area contributed by atoms with Crippen LogP contribution in [-0.2, 0) is 5.75 Å². The van der Waals surface area contributed by atoms with Crippen LogP contribution in [0.15, 0.2) is 64.9 Å². The van der Waals surface area contributed by atoms with Crippen LogP contribution in [0.4, 0.5) is 0 Å². The van der Waals surface area contributed by atoms with E-state index in [1.807, 2.05) is 55.6 Å². The van der Waals surface area contributed by atoms with Crippen molar-refractivity contribution in [1.29, 1.82) is 0 Å². The molecule has 0 atom stereocenters. The molecule has 0 spiro atoms. The summed E-state index contributed by atoms with van der Waals surface area (Å²) in [6.45, 7) is 4.82. The summed E-state index contributed by atoms with van der Waals surface area (Å²) >= 11 is 1.63. The van der Waals surface area contributed by atoms with Crippen LogP contribution in [-0.4, -0.2) is 27.7 Å². The molecule has 0 amide bonds. The van der Waals surface area contributed by atoms with E-state index in [9.17, 15) is 0 Å². The predicted molar refractivity (Wildman–Crippen MR) is 111 cm³/mol. The van der Waals surface area contributed by atoms with E-state index in [0.29, 0.717) is 0 Å². The van der Waals surface area contributed by atoms with Crippen LogP contribution in [0.25, 0.3) is 0 Å². The maximum Gasteiger partial charge on any atom is 0.212 e. The van der Waals surface area contributed by atoms with Crippen LogP contribution >= 0.6 is 11.8 Å². The second kappa shape index (κ2) is 9.92. The first-order chi connectivity index (χ1) is 13.3. The van der Waals surface area contributed by atoms with Crippen molar-refractivity contribution in [2.75, 3.05) is 6.61 Å². The van der Waals surface area contributed by atoms with Gasteiger partial charge in [-0.3, -0.25) is 0 Å². The Hall–Kier alpha value is -2.60. The Kier molecular flexibility index (Phi) is 7.04. The number of hydrogen-bond acceptors (Lipinski definition) is 5. The van der Waals surface area contributed by atoms with Crippen LogP contribution in [0, 0.1) is 6.92 Å². The third kappa shape index (κ3) is 5.69. The zero-order chi connectivity index (χ0) is 18.9. The number of unbranched alkanes of at least 4 members (excludes halogenated alkanes) is 1. The van der Waals surface area contributed by atoms with Crippen molar-refractivity contribution in [2.45, 2.75) is 37.6 Å². The predicted octanol–water partition coefficient (Wildman–Crippen LogP) is 4.94. The van der Waals surface area contributed by atoms with Gasteiger partial charge in [-0.15, -0.1) is 10.2 Å². The van der Waals surface area contributed by atoms with Gasteiger partial charge in [-0.2, -0.15) is 9.78 Å². The van der Waals surface area contributed by atoms with Gasteiger partial charge in [0.25, 0.3) is 0 Å². The van der Waals surface area contributed by atoms with Crippen molar-refractivity contribution >= 4 is 18.0 Å². The Morgan fingerprint density at radius 3 is 2.59 bits per heavy atom. The van der Waals surface area contributed by atoms with E-state index >= 15 is 0 Å². The lowest BCUT2D eigenvalue weighted by Gasteiger charge is -2.05. The second-order valence-electron chi connectivity index (χ2n) is 6.13. The summed E-state index contributed by atoms with van der Waals surface area (Å²) in [5.74, 6) is 2.49. The highest BCUT2D eigenvalue weighted by molar-refractivity contribution is 7.98. The first-order valence-corrected chi connectivity index (χ1v) is 10.1. The third-order valence-electron chi connectivity index (χ3n) is 3.95. The van der Waals surface area contributed by atoms with Crippen LogP contribution in [0.3, 0.4) is 0 Å². The number of nitrogens with zero attached hydrogens (tertiary/aromatic N) is 4. The molecule has 0 fully saturated rings. The van der Waals surface area contributed by atoms with Crippen LogP contribution in [0.2, 0.25) is 0 Å². The van der Waals surface area contributed by atoms with E-state index in [4.69, 9.17) is 4.74 Å². The molecule has 0 bridgehead atoms. The van der Waals surface area contributed by atoms with Gasteiger partial charge in [-0.25, -0.2) is 0 Å². The fourth-order valence-electron chi connectivity index (χ4n) is 2.39. The molecule has 0 saturated heterocycles. The number of thioether (sulfide) groups is 1. The minimum atomic E-state index is 0.756. The van der Waals surface area contributed by atoms with Gasteiger partial charge in [-0.1, -0.05) is 55.4 Å². The van der Waals surface area contributed by atoms with Gasteiger partial charge >= 0.3 is 0 Å². The lowest BCUT2D eigenvalue weighted by atomic mass is 10.2. The molecular weight excluding hydrogens is 356 g/mol. The summed E-state index contributed by atoms with van der Waals surface area (Å²) in [6, 6.07) is 18.3. The minimum Gasteiger partial charge on any atom is -0.494 e. The number of rotatable bonds is 9. The topological polar surface area (TPSA) is 52.3 Å². The van der Waals surface area contributed by atoms with E-state index in [1.54, 1.807) is 16.4 Å². The maximum atomic E-state index is 5.69. The highest BCUT2D eigenvalue weighted by atomic mass is 32.2. The Bertz CT molecular complexity index is 860. The Labute approximate surface area is 164 Å². The van der Waals surface area contributed by atoms with E-state index in [2.05, 4.69) is 34.4 Å². The fourth-order valence-corrected chi connectivity index (χ4v) is 3.28. The van der Waals surface area contributed by atoms with E-state index in [-0.39, 0.29) is 0 Å². The van der Waals surface area contributed by atoms with Gasteiger partial charge in [0, 0.05) is 5.75 Å². The lowest BCUT2D eigenvalue weighted by Crippen LogP contribution is -1.97. The summed E-state index contributed by atoms with van der Waals surface area (Å²) in [4.78, 5) is 0. The number of aryl methyl sites for hydroxylation is 1. The highest BCUT2D eigenvalue weighted by Crippen LogP contribution is 2.21. The second-order valence-corrected chi connectivity index (χ2v) is 7.07. The van der Waals surface area contributed by atoms with Gasteiger partial charge in [0.05, 0.1) is 12.8 Å². The summed E-state index contributed by atoms with van der Waals surface area (Å²) in [5.41, 5.74) is 2.25. The molecule has 0 saturated carbocycles. The molecule has 5 nitrogen and oxygen atoms in total. The molecule has 140 valence electrons. The standard InChI is InChI=1S/C21H24N4OS/c1-3-4-14-26-20-12-10-18(11-13-20)15-22-25-17(2)23-24-21(25)27-16-19-8-6-5-7-9-19/h5-13,15H,3-4,14,16H2,1-2H3/b22-15-. The molecule has 3 aromatic rings. The minimum absolute atomic E-state index is 0.756. The Morgan fingerprint density at radius 2 is 1.85 bits per heavy atom. The van der Waals surface area contributed by atoms with Crippen molar-refractivity contribution in [3.63, 3.8) is 0 Å². The van der Waals surface area contributed by atoms with Crippen molar-refractivity contribution < 1.29 is 4.74 Å². The van der Waals surface area contributed by atoms with E-state index in [1.165, 1.54) is 5.56 Å². The number of aromatic nitrogens is 3. The smallest absolute Gasteiger partial charge is 0.212 e. The molecule has 0 aliphatic rings. The molecule has 3 rings (SSSR count). The Morgan fingerprint density at radius 1 is 1.07 bits per heavy atom. The third-order valence-corrected chi connectivity index (χ3v) is 4.94. The van der Waals surface area contributed by atoms with Gasteiger partial charge in [-0.05, 0) is 48.7 Å². The zero-order valence-electron chi connectivity index (χ0n) is 15.7. The summed E-state index contributed by atoms with van der Waals surface area (Å²) in [7, 11) is 0. The van der Waals surface area contributed by atoms with Crippen molar-refractivity contribution in [3.8, 4) is 5.75 Å². The molecule has 1 heterocycles. The molecule has 1 aromatic heterocycles. The fraction of sp³-hybridized carbons (Fsp3) is 0.286. The molecule has 6 heteroatoms. The molecule has 27 heavy (non-hydrogen) atoms. The summed E-state index contributed by atoms with van der Waals surface area (Å²) in [6.07, 6.45) is 4.02. The SMILES string of the molecule is CCCCOc1ccc(/C=N\n2c(C)nnc2SCc2ccccc2)cc1. The van der Waals surface area contributed by atoms with Crippen LogP contribution in [0.5, 0.6) is 5.75 Å². The van der Waals surface area contributed by atoms with Crippen molar-refractivity contribution in [2.24, 2.45) is 5.10 Å². The molecule has 0 aliphatic heterocycles. The molecule has 0 N–H and O–H groups in total. The number of hydrogen-bond donors (Lipinski definition) is 0. The summed E-state index contributed by atoms with van der Waals surface area (Å²) < 4.78 is 7.47. The maximum absolute atomic E-state index is 5.69. The average molecular weight is 381 g/mol. The van der Waals surface area contributed by atoms with Crippen molar-refractivity contribution in [3.05, 3.63) is 71.5 Å². The van der Waals surface area contributed by atoms with Gasteiger partial charge < -0.3 is 4.74 Å². The van der Waals surface area contributed by atoms with Crippen molar-refractivity contribution in [1.82, 2.24) is 14.9 Å².